The summed E-state index contributed by atoms with van der Waals surface area (Å²) in [6, 6.07) is 0.481. The van der Waals surface area contributed by atoms with Crippen molar-refractivity contribution < 1.29 is 4.79 Å². The van der Waals surface area contributed by atoms with Gasteiger partial charge in [0.1, 0.15) is 0 Å². The van der Waals surface area contributed by atoms with Crippen LogP contribution in [0.5, 0.6) is 0 Å². The van der Waals surface area contributed by atoms with Gasteiger partial charge in [-0.3, -0.25) is 4.79 Å². The average Bonchev–Trinajstić information content (AvgIpc) is 2.27. The van der Waals surface area contributed by atoms with E-state index in [-0.39, 0.29) is 5.91 Å². The van der Waals surface area contributed by atoms with E-state index in [9.17, 15) is 4.79 Å². The Kier molecular flexibility index (Phi) is 4.21. The van der Waals surface area contributed by atoms with E-state index in [0.717, 1.165) is 31.3 Å². The van der Waals surface area contributed by atoms with E-state index in [1.807, 2.05) is 0 Å². The molecule has 0 bridgehead atoms. The minimum atomic E-state index is 0.202. The molecule has 3 nitrogen and oxygen atoms in total. The molecule has 1 fully saturated rings. The van der Waals surface area contributed by atoms with Crippen LogP contribution in [0.15, 0.2) is 11.6 Å². The smallest absolute Gasteiger partial charge is 0.220 e. The van der Waals surface area contributed by atoms with Crippen LogP contribution in [0.25, 0.3) is 0 Å². The van der Waals surface area contributed by atoms with E-state index in [4.69, 9.17) is 0 Å². The summed E-state index contributed by atoms with van der Waals surface area (Å²) in [6.07, 6.45) is 6.60. The van der Waals surface area contributed by atoms with Crippen molar-refractivity contribution in [1.82, 2.24) is 10.6 Å². The van der Waals surface area contributed by atoms with E-state index in [0.29, 0.717) is 12.5 Å². The van der Waals surface area contributed by atoms with Crippen LogP contribution in [0.2, 0.25) is 0 Å². The van der Waals surface area contributed by atoms with Crippen LogP contribution in [0.4, 0.5) is 0 Å². The molecule has 3 unspecified atom stereocenters. The molecule has 0 aromatic heterocycles. The van der Waals surface area contributed by atoms with Gasteiger partial charge in [-0.25, -0.2) is 0 Å². The molecule has 2 rings (SSSR count). The third-order valence-corrected chi connectivity index (χ3v) is 3.85. The maximum Gasteiger partial charge on any atom is 0.220 e. The zero-order chi connectivity index (χ0) is 12.3. The molecule has 1 aliphatic carbocycles. The predicted molar refractivity (Wildman–Crippen MR) is 69.7 cm³/mol. The summed E-state index contributed by atoms with van der Waals surface area (Å²) in [7, 11) is 0. The fourth-order valence-electron chi connectivity index (χ4n) is 3.08. The van der Waals surface area contributed by atoms with E-state index in [2.05, 4.69) is 30.6 Å². The SMILES string of the molecule is CC1=CC(C)CC(CNC2CCC(=O)NC2)C1. The lowest BCUT2D eigenvalue weighted by Gasteiger charge is -2.29. The largest absolute Gasteiger partial charge is 0.355 e. The maximum atomic E-state index is 11.1. The maximum absolute atomic E-state index is 11.1. The first-order valence-electron chi connectivity index (χ1n) is 6.81. The first kappa shape index (κ1) is 12.6. The van der Waals surface area contributed by atoms with Crippen molar-refractivity contribution in [2.75, 3.05) is 13.1 Å². The normalized spacial score (nSPS) is 34.1. The molecule has 1 aliphatic heterocycles. The van der Waals surface area contributed by atoms with Crippen molar-refractivity contribution in [3.05, 3.63) is 11.6 Å². The fourth-order valence-corrected chi connectivity index (χ4v) is 3.08. The molecule has 1 amide bonds. The van der Waals surface area contributed by atoms with Crippen LogP contribution in [0.1, 0.15) is 39.5 Å². The van der Waals surface area contributed by atoms with Crippen molar-refractivity contribution in [3.63, 3.8) is 0 Å². The van der Waals surface area contributed by atoms with Crippen molar-refractivity contribution in [1.29, 1.82) is 0 Å². The molecular formula is C14H24N2O. The molecule has 1 saturated heterocycles. The number of hydrogen-bond acceptors (Lipinski definition) is 2. The monoisotopic (exact) mass is 236 g/mol. The molecule has 0 aromatic rings. The number of nitrogens with one attached hydrogen (secondary N) is 2. The van der Waals surface area contributed by atoms with Gasteiger partial charge in [0.25, 0.3) is 0 Å². The van der Waals surface area contributed by atoms with Crippen LogP contribution < -0.4 is 10.6 Å². The van der Waals surface area contributed by atoms with Gasteiger partial charge in [0, 0.05) is 19.0 Å². The van der Waals surface area contributed by atoms with Crippen LogP contribution in [-0.2, 0) is 4.79 Å². The number of rotatable bonds is 3. The summed E-state index contributed by atoms with van der Waals surface area (Å²) in [6.45, 7) is 6.44. The Morgan fingerprint density at radius 3 is 3.00 bits per heavy atom. The number of hydrogen-bond donors (Lipinski definition) is 2. The average molecular weight is 236 g/mol. The van der Waals surface area contributed by atoms with Gasteiger partial charge in [-0.2, -0.15) is 0 Å². The number of allylic oxidation sites excluding steroid dienone is 2. The standard InChI is InChI=1S/C14H24N2O/c1-10-5-11(2)7-12(6-10)8-15-13-3-4-14(17)16-9-13/h5,10,12-13,15H,3-4,6-9H2,1-2H3,(H,16,17). The summed E-state index contributed by atoms with van der Waals surface area (Å²) in [4.78, 5) is 11.1. The zero-order valence-corrected chi connectivity index (χ0v) is 11.0. The summed E-state index contributed by atoms with van der Waals surface area (Å²) in [5.41, 5.74) is 1.53. The number of amides is 1. The van der Waals surface area contributed by atoms with Gasteiger partial charge in [-0.15, -0.1) is 0 Å². The van der Waals surface area contributed by atoms with Gasteiger partial charge in [-0.05, 0) is 44.6 Å². The Morgan fingerprint density at radius 2 is 2.35 bits per heavy atom. The Hall–Kier alpha value is -0.830. The third kappa shape index (κ3) is 3.84. The summed E-state index contributed by atoms with van der Waals surface area (Å²) >= 11 is 0. The summed E-state index contributed by atoms with van der Waals surface area (Å²) < 4.78 is 0. The lowest BCUT2D eigenvalue weighted by molar-refractivity contribution is -0.122. The quantitative estimate of drug-likeness (QED) is 0.734. The first-order valence-corrected chi connectivity index (χ1v) is 6.81. The Bertz CT molecular complexity index is 301. The number of carbonyl (C=O) groups excluding carboxylic acids is 1. The number of piperidine rings is 1. The molecule has 0 aromatic carbocycles. The second kappa shape index (κ2) is 5.67. The Balaban J connectivity index is 1.72. The molecule has 2 aliphatic rings. The topological polar surface area (TPSA) is 41.1 Å². The molecular weight excluding hydrogens is 212 g/mol. The molecule has 3 heteroatoms. The predicted octanol–water partition coefficient (Wildman–Crippen LogP) is 1.85. The molecule has 0 saturated carbocycles. The van der Waals surface area contributed by atoms with Crippen LogP contribution in [0.3, 0.4) is 0 Å². The highest BCUT2D eigenvalue weighted by atomic mass is 16.1. The highest BCUT2D eigenvalue weighted by Crippen LogP contribution is 2.27. The van der Waals surface area contributed by atoms with Gasteiger partial charge in [0.2, 0.25) is 5.91 Å². The van der Waals surface area contributed by atoms with Gasteiger partial charge in [-0.1, -0.05) is 18.6 Å². The lowest BCUT2D eigenvalue weighted by Crippen LogP contribution is -2.47. The minimum Gasteiger partial charge on any atom is -0.355 e. The first-order chi connectivity index (χ1) is 8.13. The second-order valence-electron chi connectivity index (χ2n) is 5.74. The molecule has 1 heterocycles. The lowest BCUT2D eigenvalue weighted by atomic mass is 9.83. The molecule has 96 valence electrons. The fraction of sp³-hybridized carbons (Fsp3) is 0.786. The van der Waals surface area contributed by atoms with Crippen LogP contribution in [-0.4, -0.2) is 25.0 Å². The molecule has 3 atom stereocenters. The van der Waals surface area contributed by atoms with Crippen molar-refractivity contribution >= 4 is 5.91 Å². The second-order valence-corrected chi connectivity index (χ2v) is 5.74. The summed E-state index contributed by atoms with van der Waals surface area (Å²) in [5, 5.41) is 6.54. The summed E-state index contributed by atoms with van der Waals surface area (Å²) in [5.74, 6) is 1.70. The van der Waals surface area contributed by atoms with E-state index in [1.54, 1.807) is 0 Å². The zero-order valence-electron chi connectivity index (χ0n) is 11.0. The number of carbonyl (C=O) groups is 1. The van der Waals surface area contributed by atoms with E-state index in [1.165, 1.54) is 18.4 Å². The van der Waals surface area contributed by atoms with Gasteiger partial charge < -0.3 is 10.6 Å². The van der Waals surface area contributed by atoms with Crippen LogP contribution in [0, 0.1) is 11.8 Å². The minimum absolute atomic E-state index is 0.202. The van der Waals surface area contributed by atoms with Gasteiger partial charge in [0.05, 0.1) is 0 Å². The highest BCUT2D eigenvalue weighted by molar-refractivity contribution is 5.76. The molecule has 2 N–H and O–H groups in total. The Morgan fingerprint density at radius 1 is 1.53 bits per heavy atom. The van der Waals surface area contributed by atoms with Gasteiger partial charge >= 0.3 is 0 Å². The van der Waals surface area contributed by atoms with Crippen LogP contribution >= 0.6 is 0 Å². The highest BCUT2D eigenvalue weighted by Gasteiger charge is 2.21. The van der Waals surface area contributed by atoms with Gasteiger partial charge in [0.15, 0.2) is 0 Å². The van der Waals surface area contributed by atoms with Crippen molar-refractivity contribution in [3.8, 4) is 0 Å². The van der Waals surface area contributed by atoms with E-state index >= 15 is 0 Å². The van der Waals surface area contributed by atoms with Crippen molar-refractivity contribution in [2.24, 2.45) is 11.8 Å². The van der Waals surface area contributed by atoms with Crippen molar-refractivity contribution in [2.45, 2.75) is 45.6 Å². The Labute approximate surface area is 104 Å². The van der Waals surface area contributed by atoms with E-state index < -0.39 is 0 Å². The molecule has 0 spiro atoms. The molecule has 17 heavy (non-hydrogen) atoms. The third-order valence-electron chi connectivity index (χ3n) is 3.85. The molecule has 0 radical (unpaired) electrons.